The standard InChI is InChI=1S/C13H20N2O2/c1-9-5-6-11(12(16)8-9)13(17)15-7-3-4-10(2)14/h5-6,8,10,16H,3-4,7,14H2,1-2H3,(H,15,17). The Balaban J connectivity index is 2.47. The van der Waals surface area contributed by atoms with Gasteiger partial charge in [0.25, 0.3) is 5.91 Å². The van der Waals surface area contributed by atoms with Crippen molar-refractivity contribution in [1.82, 2.24) is 5.32 Å². The fraction of sp³-hybridized carbons (Fsp3) is 0.462. The van der Waals surface area contributed by atoms with Gasteiger partial charge in [0.1, 0.15) is 5.75 Å². The van der Waals surface area contributed by atoms with E-state index < -0.39 is 0 Å². The highest BCUT2D eigenvalue weighted by molar-refractivity contribution is 5.96. The highest BCUT2D eigenvalue weighted by Crippen LogP contribution is 2.17. The Labute approximate surface area is 102 Å². The van der Waals surface area contributed by atoms with Crippen LogP contribution in [0.2, 0.25) is 0 Å². The molecule has 94 valence electrons. The van der Waals surface area contributed by atoms with Gasteiger partial charge in [-0.2, -0.15) is 0 Å². The first-order valence-corrected chi connectivity index (χ1v) is 5.84. The van der Waals surface area contributed by atoms with E-state index in [-0.39, 0.29) is 17.7 Å². The predicted octanol–water partition coefficient (Wildman–Crippen LogP) is 1.56. The summed E-state index contributed by atoms with van der Waals surface area (Å²) >= 11 is 0. The summed E-state index contributed by atoms with van der Waals surface area (Å²) in [6.07, 6.45) is 1.72. The monoisotopic (exact) mass is 236 g/mol. The number of aromatic hydroxyl groups is 1. The van der Waals surface area contributed by atoms with Crippen molar-refractivity contribution in [3.05, 3.63) is 29.3 Å². The number of hydrogen-bond acceptors (Lipinski definition) is 3. The second-order valence-electron chi connectivity index (χ2n) is 4.40. The molecule has 1 aromatic rings. The molecule has 1 rings (SSSR count). The maximum atomic E-state index is 11.7. The first kappa shape index (κ1) is 13.5. The van der Waals surface area contributed by atoms with Crippen molar-refractivity contribution >= 4 is 5.91 Å². The number of phenolic OH excluding ortho intramolecular Hbond substituents is 1. The molecule has 17 heavy (non-hydrogen) atoms. The van der Waals surface area contributed by atoms with Gasteiger partial charge in [0.05, 0.1) is 5.56 Å². The van der Waals surface area contributed by atoms with Crippen LogP contribution in [-0.2, 0) is 0 Å². The minimum absolute atomic E-state index is 0.0229. The van der Waals surface area contributed by atoms with E-state index >= 15 is 0 Å². The van der Waals surface area contributed by atoms with Crippen molar-refractivity contribution in [1.29, 1.82) is 0 Å². The van der Waals surface area contributed by atoms with E-state index in [0.717, 1.165) is 18.4 Å². The van der Waals surface area contributed by atoms with Gasteiger partial charge in [0.15, 0.2) is 0 Å². The lowest BCUT2D eigenvalue weighted by Gasteiger charge is -2.08. The average Bonchev–Trinajstić information content (AvgIpc) is 2.23. The van der Waals surface area contributed by atoms with E-state index in [1.165, 1.54) is 0 Å². The molecule has 0 spiro atoms. The van der Waals surface area contributed by atoms with Gasteiger partial charge in [0.2, 0.25) is 0 Å². The van der Waals surface area contributed by atoms with Crippen molar-refractivity contribution < 1.29 is 9.90 Å². The van der Waals surface area contributed by atoms with Crippen LogP contribution in [0.4, 0.5) is 0 Å². The van der Waals surface area contributed by atoms with E-state index in [1.807, 2.05) is 13.8 Å². The number of phenols is 1. The molecule has 4 heteroatoms. The summed E-state index contributed by atoms with van der Waals surface area (Å²) in [5, 5.41) is 12.4. The predicted molar refractivity (Wildman–Crippen MR) is 68.1 cm³/mol. The number of carbonyl (C=O) groups excluding carboxylic acids is 1. The third-order valence-corrected chi connectivity index (χ3v) is 2.52. The van der Waals surface area contributed by atoms with Gasteiger partial charge in [0, 0.05) is 12.6 Å². The summed E-state index contributed by atoms with van der Waals surface area (Å²) in [4.78, 5) is 11.7. The summed E-state index contributed by atoms with van der Waals surface area (Å²) in [5.41, 5.74) is 6.85. The number of rotatable bonds is 5. The number of aryl methyl sites for hydroxylation is 1. The molecule has 4 N–H and O–H groups in total. The van der Waals surface area contributed by atoms with Gasteiger partial charge in [-0.15, -0.1) is 0 Å². The molecular weight excluding hydrogens is 216 g/mol. The molecule has 0 aliphatic rings. The molecule has 0 radical (unpaired) electrons. The number of amides is 1. The zero-order chi connectivity index (χ0) is 12.8. The molecule has 0 bridgehead atoms. The fourth-order valence-corrected chi connectivity index (χ4v) is 1.55. The van der Waals surface area contributed by atoms with Gasteiger partial charge >= 0.3 is 0 Å². The van der Waals surface area contributed by atoms with Crippen LogP contribution >= 0.6 is 0 Å². The largest absolute Gasteiger partial charge is 0.507 e. The molecule has 0 aliphatic heterocycles. The zero-order valence-electron chi connectivity index (χ0n) is 10.4. The minimum Gasteiger partial charge on any atom is -0.507 e. The van der Waals surface area contributed by atoms with Crippen LogP contribution in [0, 0.1) is 6.92 Å². The van der Waals surface area contributed by atoms with Crippen LogP contribution in [0.15, 0.2) is 18.2 Å². The van der Waals surface area contributed by atoms with Gasteiger partial charge in [-0.1, -0.05) is 6.07 Å². The highest BCUT2D eigenvalue weighted by atomic mass is 16.3. The van der Waals surface area contributed by atoms with Gasteiger partial charge in [-0.3, -0.25) is 4.79 Å². The van der Waals surface area contributed by atoms with Crippen molar-refractivity contribution in [3.63, 3.8) is 0 Å². The maximum Gasteiger partial charge on any atom is 0.255 e. The Bertz CT molecular complexity index is 389. The van der Waals surface area contributed by atoms with E-state index in [0.29, 0.717) is 12.1 Å². The average molecular weight is 236 g/mol. The smallest absolute Gasteiger partial charge is 0.255 e. The summed E-state index contributed by atoms with van der Waals surface area (Å²) in [5.74, 6) is -0.220. The van der Waals surface area contributed by atoms with Crippen molar-refractivity contribution in [2.45, 2.75) is 32.7 Å². The Kier molecular flexibility index (Phi) is 4.97. The quantitative estimate of drug-likeness (QED) is 0.679. The lowest BCUT2D eigenvalue weighted by Crippen LogP contribution is -2.26. The topological polar surface area (TPSA) is 75.4 Å². The number of nitrogens with two attached hydrogens (primary N) is 1. The Morgan fingerprint density at radius 2 is 2.24 bits per heavy atom. The summed E-state index contributed by atoms with van der Waals surface area (Å²) in [6.45, 7) is 4.38. The molecule has 0 heterocycles. The number of nitrogens with one attached hydrogen (secondary N) is 1. The molecule has 1 aromatic carbocycles. The van der Waals surface area contributed by atoms with Crippen molar-refractivity contribution in [2.75, 3.05) is 6.54 Å². The Morgan fingerprint density at radius 1 is 1.53 bits per heavy atom. The van der Waals surface area contributed by atoms with Crippen LogP contribution in [0.3, 0.4) is 0 Å². The summed E-state index contributed by atoms with van der Waals surface area (Å²) in [7, 11) is 0. The molecule has 0 aliphatic carbocycles. The highest BCUT2D eigenvalue weighted by Gasteiger charge is 2.10. The Morgan fingerprint density at radius 3 is 2.82 bits per heavy atom. The molecule has 0 fully saturated rings. The first-order valence-electron chi connectivity index (χ1n) is 5.84. The SMILES string of the molecule is Cc1ccc(C(=O)NCCCC(C)N)c(O)c1. The van der Waals surface area contributed by atoms with E-state index in [1.54, 1.807) is 18.2 Å². The van der Waals surface area contributed by atoms with Gasteiger partial charge in [-0.05, 0) is 44.4 Å². The molecule has 1 unspecified atom stereocenters. The molecule has 4 nitrogen and oxygen atoms in total. The number of carbonyl (C=O) groups is 1. The molecular formula is C13H20N2O2. The Hall–Kier alpha value is -1.55. The first-order chi connectivity index (χ1) is 8.00. The van der Waals surface area contributed by atoms with E-state index in [2.05, 4.69) is 5.32 Å². The molecule has 0 saturated heterocycles. The van der Waals surface area contributed by atoms with Crippen LogP contribution in [0.5, 0.6) is 5.75 Å². The molecule has 0 saturated carbocycles. The van der Waals surface area contributed by atoms with E-state index in [9.17, 15) is 9.90 Å². The summed E-state index contributed by atoms with van der Waals surface area (Å²) < 4.78 is 0. The maximum absolute atomic E-state index is 11.7. The van der Waals surface area contributed by atoms with E-state index in [4.69, 9.17) is 5.73 Å². The normalized spacial score (nSPS) is 12.2. The minimum atomic E-state index is -0.243. The third-order valence-electron chi connectivity index (χ3n) is 2.52. The van der Waals surface area contributed by atoms with Crippen LogP contribution < -0.4 is 11.1 Å². The van der Waals surface area contributed by atoms with Crippen LogP contribution in [0.25, 0.3) is 0 Å². The van der Waals surface area contributed by atoms with Gasteiger partial charge in [-0.25, -0.2) is 0 Å². The second-order valence-corrected chi connectivity index (χ2v) is 4.40. The molecule has 1 atom stereocenters. The summed E-state index contributed by atoms with van der Waals surface area (Å²) in [6, 6.07) is 5.17. The van der Waals surface area contributed by atoms with Crippen molar-refractivity contribution in [2.24, 2.45) is 5.73 Å². The third kappa shape index (κ3) is 4.44. The lowest BCUT2D eigenvalue weighted by molar-refractivity contribution is 0.0950. The number of benzene rings is 1. The lowest BCUT2D eigenvalue weighted by atomic mass is 10.1. The van der Waals surface area contributed by atoms with Crippen LogP contribution in [0.1, 0.15) is 35.7 Å². The molecule has 0 aromatic heterocycles. The van der Waals surface area contributed by atoms with Gasteiger partial charge < -0.3 is 16.2 Å². The van der Waals surface area contributed by atoms with Crippen molar-refractivity contribution in [3.8, 4) is 5.75 Å². The fourth-order valence-electron chi connectivity index (χ4n) is 1.55. The number of hydrogen-bond donors (Lipinski definition) is 3. The zero-order valence-corrected chi connectivity index (χ0v) is 10.4. The molecule has 1 amide bonds. The second kappa shape index (κ2) is 6.25. The van der Waals surface area contributed by atoms with Crippen LogP contribution in [-0.4, -0.2) is 23.6 Å².